The minimum Gasteiger partial charge on any atom is -0.475 e. The topological polar surface area (TPSA) is 77.2 Å². The Labute approximate surface area is 125 Å². The van der Waals surface area contributed by atoms with Gasteiger partial charge in [-0.15, -0.1) is 0 Å². The predicted octanol–water partition coefficient (Wildman–Crippen LogP) is 2.32. The van der Waals surface area contributed by atoms with E-state index in [1.807, 2.05) is 0 Å². The first-order valence-corrected chi connectivity index (χ1v) is 7.12. The van der Waals surface area contributed by atoms with Crippen LogP contribution in [0.4, 0.5) is 0 Å². The second-order valence-corrected chi connectivity index (χ2v) is 4.95. The lowest BCUT2D eigenvalue weighted by Crippen LogP contribution is -2.23. The molecule has 2 rings (SSSR count). The van der Waals surface area contributed by atoms with Gasteiger partial charge in [0, 0.05) is 26.0 Å². The first kappa shape index (κ1) is 17.1. The molecule has 0 spiro atoms. The van der Waals surface area contributed by atoms with E-state index in [9.17, 15) is 4.79 Å². The van der Waals surface area contributed by atoms with Crippen molar-refractivity contribution in [1.29, 1.82) is 0 Å². The lowest BCUT2D eigenvalue weighted by atomic mass is 10.2. The molecule has 2 heterocycles. The van der Waals surface area contributed by atoms with Crippen molar-refractivity contribution in [3.8, 4) is 0 Å². The molecule has 0 fully saturated rings. The number of carbonyl (C=O) groups is 1. The Bertz CT molecular complexity index is 456. The van der Waals surface area contributed by atoms with Crippen molar-refractivity contribution in [2.75, 3.05) is 20.3 Å². The molecule has 1 aliphatic rings. The van der Waals surface area contributed by atoms with E-state index in [1.165, 1.54) is 37.9 Å². The summed E-state index contributed by atoms with van der Waals surface area (Å²) in [7, 11) is 2.11. The normalized spacial score (nSPS) is 13.3. The quantitative estimate of drug-likeness (QED) is 0.785. The zero-order chi connectivity index (χ0) is 15.7. The fourth-order valence-corrected chi connectivity index (χ4v) is 1.88. The molecule has 0 atom stereocenters. The van der Waals surface area contributed by atoms with Crippen LogP contribution in [0.3, 0.4) is 0 Å². The van der Waals surface area contributed by atoms with Crippen LogP contribution in [0.15, 0.2) is 28.9 Å². The molecular weight excluding hydrogens is 272 g/mol. The molecule has 1 aromatic heterocycles. The predicted molar refractivity (Wildman–Crippen MR) is 79.6 cm³/mol. The number of aromatic carboxylic acids is 1. The van der Waals surface area contributed by atoms with E-state index >= 15 is 0 Å². The minimum atomic E-state index is -1.13. The van der Waals surface area contributed by atoms with Crippen LogP contribution in [0.2, 0.25) is 0 Å². The number of aliphatic hydroxyl groups is 1. The Morgan fingerprint density at radius 2 is 2.10 bits per heavy atom. The first-order valence-electron chi connectivity index (χ1n) is 7.12. The number of unbranched alkanes of at least 4 members (excludes halogenated alkanes) is 2. The summed E-state index contributed by atoms with van der Waals surface area (Å²) < 4.78 is 4.64. The number of furan rings is 1. The summed E-state index contributed by atoms with van der Waals surface area (Å²) in [5.41, 5.74) is 0. The fraction of sp³-hybridized carbons (Fsp3) is 0.533. The van der Waals surface area contributed by atoms with E-state index in [-0.39, 0.29) is 18.1 Å². The van der Waals surface area contributed by atoms with Crippen LogP contribution >= 0.6 is 0 Å². The Kier molecular flexibility index (Phi) is 7.39. The maximum atomic E-state index is 10.2. The van der Waals surface area contributed by atoms with E-state index < -0.39 is 5.97 Å². The number of rotatable bonds is 6. The third kappa shape index (κ3) is 6.35. The minimum absolute atomic E-state index is 0.149. The molecule has 6 nitrogen and oxygen atoms in total. The van der Waals surface area contributed by atoms with E-state index in [2.05, 4.69) is 40.6 Å². The van der Waals surface area contributed by atoms with E-state index in [1.54, 1.807) is 0 Å². The average Bonchev–Trinajstić information content (AvgIpc) is 3.09. The van der Waals surface area contributed by atoms with Crippen molar-refractivity contribution in [1.82, 2.24) is 9.80 Å². The largest absolute Gasteiger partial charge is 0.475 e. The second kappa shape index (κ2) is 9.07. The summed E-state index contributed by atoms with van der Waals surface area (Å²) in [5.74, 6) is -1.01. The van der Waals surface area contributed by atoms with Gasteiger partial charge >= 0.3 is 5.97 Å². The van der Waals surface area contributed by atoms with Crippen molar-refractivity contribution in [2.45, 2.75) is 32.8 Å². The molecule has 0 amide bonds. The van der Waals surface area contributed by atoms with Gasteiger partial charge in [0.2, 0.25) is 5.76 Å². The standard InChI is InChI=1S/C9H18N2.C6H6O4/c1-3-4-5-6-11-8-7-10(2)9-11;7-3-4-1-2-5(10-4)6(8)9/h7-8H,3-6,9H2,1-2H3;1-2,7H,3H2,(H,8,9). The number of aliphatic hydroxyl groups excluding tert-OH is 1. The Morgan fingerprint density at radius 3 is 2.52 bits per heavy atom. The van der Waals surface area contributed by atoms with Crippen LogP contribution < -0.4 is 0 Å². The molecule has 118 valence electrons. The van der Waals surface area contributed by atoms with Crippen LogP contribution in [0, 0.1) is 0 Å². The van der Waals surface area contributed by atoms with Gasteiger partial charge in [-0.05, 0) is 18.6 Å². The number of nitrogens with zero attached hydrogens (tertiary/aromatic N) is 2. The van der Waals surface area contributed by atoms with Gasteiger partial charge in [0.25, 0.3) is 0 Å². The van der Waals surface area contributed by atoms with Gasteiger partial charge in [-0.2, -0.15) is 0 Å². The van der Waals surface area contributed by atoms with E-state index in [0.717, 1.165) is 6.67 Å². The van der Waals surface area contributed by atoms with Gasteiger partial charge in [-0.1, -0.05) is 19.8 Å². The van der Waals surface area contributed by atoms with Gasteiger partial charge in [0.1, 0.15) is 12.4 Å². The van der Waals surface area contributed by atoms with Crippen molar-refractivity contribution in [2.24, 2.45) is 0 Å². The molecule has 0 radical (unpaired) electrons. The molecule has 1 aromatic rings. The Hall–Kier alpha value is -1.95. The highest BCUT2D eigenvalue weighted by molar-refractivity contribution is 5.84. The Morgan fingerprint density at radius 1 is 1.33 bits per heavy atom. The first-order chi connectivity index (χ1) is 10.1. The Balaban J connectivity index is 0.000000211. The molecule has 1 aliphatic heterocycles. The van der Waals surface area contributed by atoms with Gasteiger partial charge in [-0.3, -0.25) is 0 Å². The summed E-state index contributed by atoms with van der Waals surface area (Å²) in [4.78, 5) is 14.7. The van der Waals surface area contributed by atoms with Crippen molar-refractivity contribution < 1.29 is 19.4 Å². The van der Waals surface area contributed by atoms with Gasteiger partial charge < -0.3 is 24.4 Å². The molecule has 6 heteroatoms. The monoisotopic (exact) mass is 296 g/mol. The van der Waals surface area contributed by atoms with E-state index in [0.29, 0.717) is 0 Å². The van der Waals surface area contributed by atoms with Crippen LogP contribution in [-0.2, 0) is 6.61 Å². The van der Waals surface area contributed by atoms with Crippen LogP contribution in [0.5, 0.6) is 0 Å². The van der Waals surface area contributed by atoms with Crippen LogP contribution in [-0.4, -0.2) is 46.2 Å². The molecule has 21 heavy (non-hydrogen) atoms. The highest BCUT2D eigenvalue weighted by atomic mass is 16.4. The molecule has 0 bridgehead atoms. The molecule has 0 unspecified atom stereocenters. The van der Waals surface area contributed by atoms with Crippen LogP contribution in [0.25, 0.3) is 0 Å². The highest BCUT2D eigenvalue weighted by Gasteiger charge is 2.07. The molecule has 0 aliphatic carbocycles. The zero-order valence-electron chi connectivity index (χ0n) is 12.7. The van der Waals surface area contributed by atoms with Crippen molar-refractivity contribution in [3.05, 3.63) is 36.1 Å². The van der Waals surface area contributed by atoms with Gasteiger partial charge in [0.15, 0.2) is 0 Å². The number of carboxylic acid groups (broad SMARTS) is 1. The zero-order valence-corrected chi connectivity index (χ0v) is 12.7. The summed E-state index contributed by atoms with van der Waals surface area (Å²) in [6.07, 6.45) is 8.30. The third-order valence-corrected chi connectivity index (χ3v) is 3.01. The smallest absolute Gasteiger partial charge is 0.371 e. The maximum absolute atomic E-state index is 10.2. The lowest BCUT2D eigenvalue weighted by molar-refractivity contribution is 0.0657. The van der Waals surface area contributed by atoms with Crippen LogP contribution in [0.1, 0.15) is 42.5 Å². The van der Waals surface area contributed by atoms with Gasteiger partial charge in [-0.25, -0.2) is 4.79 Å². The highest BCUT2D eigenvalue weighted by Crippen LogP contribution is 2.07. The summed E-state index contributed by atoms with van der Waals surface area (Å²) in [5, 5.41) is 16.8. The van der Waals surface area contributed by atoms with Crippen molar-refractivity contribution in [3.63, 3.8) is 0 Å². The van der Waals surface area contributed by atoms with Crippen molar-refractivity contribution >= 4 is 5.97 Å². The number of carboxylic acids is 1. The SMILES string of the molecule is CCCCCN1C=CN(C)C1.O=C(O)c1ccc(CO)o1. The third-order valence-electron chi connectivity index (χ3n) is 3.01. The molecule has 0 saturated carbocycles. The van der Waals surface area contributed by atoms with E-state index in [4.69, 9.17) is 10.2 Å². The fourth-order valence-electron chi connectivity index (χ4n) is 1.88. The summed E-state index contributed by atoms with van der Waals surface area (Å²) >= 11 is 0. The summed E-state index contributed by atoms with van der Waals surface area (Å²) in [6, 6.07) is 2.72. The number of hydrogen-bond donors (Lipinski definition) is 2. The number of hydrogen-bond acceptors (Lipinski definition) is 5. The summed E-state index contributed by atoms with van der Waals surface area (Å²) in [6.45, 7) is 4.26. The maximum Gasteiger partial charge on any atom is 0.371 e. The molecule has 0 aromatic carbocycles. The second-order valence-electron chi connectivity index (χ2n) is 4.95. The molecule has 2 N–H and O–H groups in total. The lowest BCUT2D eigenvalue weighted by Gasteiger charge is -2.17. The molecule has 0 saturated heterocycles. The van der Waals surface area contributed by atoms with Gasteiger partial charge in [0.05, 0.1) is 6.67 Å². The average molecular weight is 296 g/mol. The molecular formula is C15H24N2O4.